The van der Waals surface area contributed by atoms with Crippen molar-refractivity contribution in [2.75, 3.05) is 5.32 Å². The fourth-order valence-electron chi connectivity index (χ4n) is 2.82. The second kappa shape index (κ2) is 7.02. The third-order valence-electron chi connectivity index (χ3n) is 4.01. The zero-order chi connectivity index (χ0) is 18.1. The number of hydrogen-bond acceptors (Lipinski definition) is 4. The van der Waals surface area contributed by atoms with E-state index in [1.807, 2.05) is 30.3 Å². The van der Waals surface area contributed by atoms with Gasteiger partial charge in [0.15, 0.2) is 0 Å². The maximum atomic E-state index is 12.3. The van der Waals surface area contributed by atoms with Crippen molar-refractivity contribution in [2.24, 2.45) is 0 Å². The average Bonchev–Trinajstić information content (AvgIpc) is 3.10. The largest absolute Gasteiger partial charge is 0.435 e. The van der Waals surface area contributed by atoms with Crippen LogP contribution in [0.1, 0.15) is 17.2 Å². The number of halogens is 3. The van der Waals surface area contributed by atoms with Gasteiger partial charge in [-0.05, 0) is 64.1 Å². The van der Waals surface area contributed by atoms with Crippen molar-refractivity contribution in [2.45, 2.75) is 12.7 Å². The Hall–Kier alpha value is -2.49. The van der Waals surface area contributed by atoms with E-state index in [1.54, 1.807) is 16.8 Å². The Balaban J connectivity index is 1.70. The number of ether oxygens (including phenoxy) is 1. The monoisotopic (exact) mass is 466 g/mol. The molecule has 1 N–H and O–H groups in total. The van der Waals surface area contributed by atoms with E-state index in [0.717, 1.165) is 20.4 Å². The van der Waals surface area contributed by atoms with Gasteiger partial charge in [0.05, 0.1) is 0 Å². The van der Waals surface area contributed by atoms with E-state index in [1.165, 1.54) is 18.5 Å². The highest BCUT2D eigenvalue weighted by atomic mass is 127. The van der Waals surface area contributed by atoms with Crippen LogP contribution in [0.5, 0.6) is 5.75 Å². The lowest BCUT2D eigenvalue weighted by atomic mass is 10.0. The predicted molar refractivity (Wildman–Crippen MR) is 102 cm³/mol. The first-order chi connectivity index (χ1) is 12.6. The summed E-state index contributed by atoms with van der Waals surface area (Å²) in [5, 5.41) is 7.55. The second-order valence-corrected chi connectivity index (χ2v) is 6.88. The summed E-state index contributed by atoms with van der Waals surface area (Å²) in [6.07, 6.45) is 3.52. The standard InChI is InChI=1S/C18H13F2IN4O/c19-17(20)26-14-7-3-12(4-8-14)16-9-15(11-1-5-13(21)6-2-11)24-18-22-10-23-25(16)18/h1-10,16-17H,(H,22,23,24). The van der Waals surface area contributed by atoms with Gasteiger partial charge < -0.3 is 10.1 Å². The quantitative estimate of drug-likeness (QED) is 0.574. The van der Waals surface area contributed by atoms with E-state index in [0.29, 0.717) is 5.95 Å². The van der Waals surface area contributed by atoms with E-state index in [4.69, 9.17) is 0 Å². The molecule has 26 heavy (non-hydrogen) atoms. The summed E-state index contributed by atoms with van der Waals surface area (Å²) >= 11 is 2.26. The molecule has 2 heterocycles. The fraction of sp³-hybridized carbons (Fsp3) is 0.111. The lowest BCUT2D eigenvalue weighted by Crippen LogP contribution is -2.20. The summed E-state index contributed by atoms with van der Waals surface area (Å²) in [5.41, 5.74) is 2.84. The molecule has 1 aliphatic heterocycles. The van der Waals surface area contributed by atoms with Gasteiger partial charge in [-0.15, -0.1) is 0 Å². The van der Waals surface area contributed by atoms with E-state index in [2.05, 4.69) is 42.7 Å². The molecule has 1 aliphatic rings. The molecular weight excluding hydrogens is 453 g/mol. The number of alkyl halides is 2. The van der Waals surface area contributed by atoms with E-state index in [-0.39, 0.29) is 11.8 Å². The summed E-state index contributed by atoms with van der Waals surface area (Å²) in [5.74, 6) is 0.747. The summed E-state index contributed by atoms with van der Waals surface area (Å²) in [6, 6.07) is 14.5. The van der Waals surface area contributed by atoms with Gasteiger partial charge in [0, 0.05) is 9.27 Å². The Bertz CT molecular complexity index is 939. The third kappa shape index (κ3) is 3.41. The Morgan fingerprint density at radius 1 is 1.08 bits per heavy atom. The molecule has 0 spiro atoms. The molecule has 1 unspecified atom stereocenters. The van der Waals surface area contributed by atoms with Gasteiger partial charge in [-0.3, -0.25) is 0 Å². The van der Waals surface area contributed by atoms with Crippen LogP contribution in [0, 0.1) is 3.57 Å². The molecule has 0 radical (unpaired) electrons. The highest BCUT2D eigenvalue weighted by molar-refractivity contribution is 14.1. The minimum Gasteiger partial charge on any atom is -0.435 e. The van der Waals surface area contributed by atoms with E-state index in [9.17, 15) is 8.78 Å². The Kier molecular flexibility index (Phi) is 4.58. The van der Waals surface area contributed by atoms with Crippen LogP contribution in [-0.2, 0) is 0 Å². The number of aromatic nitrogens is 3. The molecule has 5 nitrogen and oxygen atoms in total. The number of benzene rings is 2. The van der Waals surface area contributed by atoms with Crippen LogP contribution in [0.25, 0.3) is 5.70 Å². The number of nitrogens with one attached hydrogen (secondary N) is 1. The minimum absolute atomic E-state index is 0.123. The zero-order valence-electron chi connectivity index (χ0n) is 13.3. The molecule has 0 saturated heterocycles. The molecule has 1 aromatic heterocycles. The predicted octanol–water partition coefficient (Wildman–Crippen LogP) is 4.54. The summed E-state index contributed by atoms with van der Waals surface area (Å²) < 4.78 is 32.0. The number of rotatable bonds is 4. The topological polar surface area (TPSA) is 52.0 Å². The third-order valence-corrected chi connectivity index (χ3v) is 4.73. The van der Waals surface area contributed by atoms with E-state index < -0.39 is 6.61 Å². The maximum absolute atomic E-state index is 12.3. The number of nitrogens with zero attached hydrogens (tertiary/aromatic N) is 3. The number of hydrogen-bond donors (Lipinski definition) is 1. The summed E-state index contributed by atoms with van der Waals surface area (Å²) in [7, 11) is 0. The van der Waals surface area contributed by atoms with Crippen LogP contribution in [0.4, 0.5) is 14.7 Å². The molecule has 132 valence electrons. The highest BCUT2D eigenvalue weighted by Crippen LogP contribution is 2.32. The Morgan fingerprint density at radius 2 is 1.81 bits per heavy atom. The van der Waals surface area contributed by atoms with Crippen LogP contribution in [-0.4, -0.2) is 21.4 Å². The van der Waals surface area contributed by atoms with Crippen molar-refractivity contribution in [3.63, 3.8) is 0 Å². The molecule has 0 bridgehead atoms. The normalized spacial score (nSPS) is 16.0. The SMILES string of the molecule is FC(F)Oc1ccc(C2C=C(c3ccc(I)cc3)Nc3ncnn32)cc1. The first-order valence-electron chi connectivity index (χ1n) is 7.79. The van der Waals surface area contributed by atoms with Gasteiger partial charge in [0.25, 0.3) is 0 Å². The Labute approximate surface area is 161 Å². The lowest BCUT2D eigenvalue weighted by molar-refractivity contribution is -0.0498. The smallest absolute Gasteiger partial charge is 0.387 e. The minimum atomic E-state index is -2.84. The molecule has 0 saturated carbocycles. The fourth-order valence-corrected chi connectivity index (χ4v) is 3.17. The molecule has 2 aromatic carbocycles. The molecular formula is C18H13F2IN4O. The Morgan fingerprint density at radius 3 is 2.50 bits per heavy atom. The van der Waals surface area contributed by atoms with Gasteiger partial charge in [-0.25, -0.2) is 4.68 Å². The van der Waals surface area contributed by atoms with Crippen LogP contribution < -0.4 is 10.1 Å². The average molecular weight is 466 g/mol. The first kappa shape index (κ1) is 17.0. The number of anilines is 1. The van der Waals surface area contributed by atoms with E-state index >= 15 is 0 Å². The van der Waals surface area contributed by atoms with Gasteiger partial charge >= 0.3 is 6.61 Å². The van der Waals surface area contributed by atoms with Crippen molar-refractivity contribution in [1.29, 1.82) is 0 Å². The van der Waals surface area contributed by atoms with Crippen LogP contribution >= 0.6 is 22.6 Å². The molecule has 1 atom stereocenters. The van der Waals surface area contributed by atoms with Crippen molar-refractivity contribution in [1.82, 2.24) is 14.8 Å². The molecule has 0 fully saturated rings. The second-order valence-electron chi connectivity index (χ2n) is 5.63. The van der Waals surface area contributed by atoms with Crippen molar-refractivity contribution >= 4 is 34.2 Å². The molecule has 4 rings (SSSR count). The van der Waals surface area contributed by atoms with Gasteiger partial charge in [-0.2, -0.15) is 18.9 Å². The van der Waals surface area contributed by atoms with Gasteiger partial charge in [0.1, 0.15) is 18.1 Å². The molecule has 0 aliphatic carbocycles. The van der Waals surface area contributed by atoms with Crippen molar-refractivity contribution in [3.05, 3.63) is 75.6 Å². The molecule has 3 aromatic rings. The van der Waals surface area contributed by atoms with Gasteiger partial charge in [0.2, 0.25) is 5.95 Å². The molecule has 0 amide bonds. The van der Waals surface area contributed by atoms with Gasteiger partial charge in [-0.1, -0.05) is 24.3 Å². The van der Waals surface area contributed by atoms with Crippen LogP contribution in [0.2, 0.25) is 0 Å². The summed E-state index contributed by atoms with van der Waals surface area (Å²) in [6.45, 7) is -2.84. The summed E-state index contributed by atoms with van der Waals surface area (Å²) in [4.78, 5) is 4.26. The zero-order valence-corrected chi connectivity index (χ0v) is 15.5. The number of allylic oxidation sites excluding steroid dienone is 1. The lowest BCUT2D eigenvalue weighted by Gasteiger charge is -2.24. The van der Waals surface area contributed by atoms with Crippen LogP contribution in [0.15, 0.2) is 60.9 Å². The maximum Gasteiger partial charge on any atom is 0.387 e. The molecule has 8 heteroatoms. The highest BCUT2D eigenvalue weighted by Gasteiger charge is 2.23. The first-order valence-corrected chi connectivity index (χ1v) is 8.87. The number of fused-ring (bicyclic) bond motifs is 1. The van der Waals surface area contributed by atoms with Crippen molar-refractivity contribution in [3.8, 4) is 5.75 Å². The van der Waals surface area contributed by atoms with Crippen molar-refractivity contribution < 1.29 is 13.5 Å². The van der Waals surface area contributed by atoms with Crippen LogP contribution in [0.3, 0.4) is 0 Å².